The number of anilines is 1. The van der Waals surface area contributed by atoms with Gasteiger partial charge in [0.2, 0.25) is 11.8 Å². The van der Waals surface area contributed by atoms with Crippen LogP contribution in [-0.4, -0.2) is 51.4 Å². The van der Waals surface area contributed by atoms with E-state index in [0.29, 0.717) is 39.0 Å². The summed E-state index contributed by atoms with van der Waals surface area (Å²) < 4.78 is 0. The van der Waals surface area contributed by atoms with E-state index in [9.17, 15) is 14.7 Å². The summed E-state index contributed by atoms with van der Waals surface area (Å²) in [6.07, 6.45) is 7.91. The van der Waals surface area contributed by atoms with Gasteiger partial charge in [-0.05, 0) is 66.6 Å². The number of phenols is 1. The number of nitrogens with zero attached hydrogens (tertiary/aromatic N) is 2. The third kappa shape index (κ3) is 5.94. The van der Waals surface area contributed by atoms with Gasteiger partial charge in [-0.3, -0.25) is 14.5 Å². The molecular formula is C28H33N5O3. The fourth-order valence-corrected chi connectivity index (χ4v) is 5.34. The number of imidazole rings is 1. The number of aromatic amines is 1. The highest BCUT2D eigenvalue weighted by molar-refractivity contribution is 5.93. The number of nitrogens with one attached hydrogen (secondary N) is 3. The van der Waals surface area contributed by atoms with E-state index in [4.69, 9.17) is 0 Å². The van der Waals surface area contributed by atoms with Gasteiger partial charge in [0.25, 0.3) is 0 Å². The van der Waals surface area contributed by atoms with Crippen molar-refractivity contribution in [1.29, 1.82) is 0 Å². The Labute approximate surface area is 211 Å². The van der Waals surface area contributed by atoms with Crippen molar-refractivity contribution in [1.82, 2.24) is 20.2 Å². The van der Waals surface area contributed by atoms with E-state index in [-0.39, 0.29) is 29.4 Å². The molecule has 0 bridgehead atoms. The molecule has 8 nitrogen and oxygen atoms in total. The molecule has 8 heteroatoms. The number of carbonyl (C=O) groups excluding carboxylic acids is 2. The van der Waals surface area contributed by atoms with Gasteiger partial charge in [-0.2, -0.15) is 0 Å². The van der Waals surface area contributed by atoms with Crippen molar-refractivity contribution in [3.8, 4) is 5.75 Å². The summed E-state index contributed by atoms with van der Waals surface area (Å²) in [5, 5.41) is 15.8. The van der Waals surface area contributed by atoms with Crippen LogP contribution in [0.5, 0.6) is 5.75 Å². The number of benzene rings is 2. The molecule has 2 amide bonds. The van der Waals surface area contributed by atoms with Crippen LogP contribution in [0.25, 0.3) is 0 Å². The number of aryl methyl sites for hydroxylation is 2. The van der Waals surface area contributed by atoms with E-state index in [2.05, 4.69) is 37.6 Å². The minimum atomic E-state index is -0.299. The predicted molar refractivity (Wildman–Crippen MR) is 137 cm³/mol. The van der Waals surface area contributed by atoms with Crippen LogP contribution in [0.4, 0.5) is 5.69 Å². The maximum Gasteiger partial charge on any atom is 0.228 e. The van der Waals surface area contributed by atoms with Crippen LogP contribution < -0.4 is 10.6 Å². The van der Waals surface area contributed by atoms with Gasteiger partial charge in [0.15, 0.2) is 0 Å². The SMILES string of the molecule is O=C(NCCc1cnc[nH]1)[C@H]1C[C@@H](C(=O)Nc2ccc3c(c2)CCC3)CN(Cc2ccc(O)cc2)C1. The van der Waals surface area contributed by atoms with Crippen molar-refractivity contribution in [2.75, 3.05) is 25.0 Å². The lowest BCUT2D eigenvalue weighted by Gasteiger charge is -2.36. The fraction of sp³-hybridized carbons (Fsp3) is 0.393. The Morgan fingerprint density at radius 1 is 1.03 bits per heavy atom. The highest BCUT2D eigenvalue weighted by atomic mass is 16.3. The Hall–Kier alpha value is -3.65. The van der Waals surface area contributed by atoms with Gasteiger partial charge in [-0.1, -0.05) is 18.2 Å². The first-order valence-electron chi connectivity index (χ1n) is 12.7. The quantitative estimate of drug-likeness (QED) is 0.390. The molecule has 188 valence electrons. The zero-order valence-electron chi connectivity index (χ0n) is 20.4. The standard InChI is InChI=1S/C28H33N5O3/c34-26-8-4-19(5-9-26)15-33-16-22(27(35)30-11-10-25-14-29-18-31-25)12-23(17-33)28(36)32-24-7-6-20-2-1-3-21(20)13-24/h4-9,13-14,18,22-23,34H,1-3,10-12,15-17H2,(H,29,31)(H,30,35)(H,32,36)/t22-,23+/m0/s1. The third-order valence-corrected chi connectivity index (χ3v) is 7.22. The molecule has 1 saturated heterocycles. The molecule has 0 unspecified atom stereocenters. The molecule has 3 aromatic rings. The lowest BCUT2D eigenvalue weighted by molar-refractivity contribution is -0.130. The molecule has 1 aromatic heterocycles. The van der Waals surface area contributed by atoms with Crippen LogP contribution in [0, 0.1) is 11.8 Å². The average Bonchev–Trinajstić information content (AvgIpc) is 3.57. The van der Waals surface area contributed by atoms with Gasteiger partial charge in [0, 0.05) is 50.2 Å². The molecule has 5 rings (SSSR count). The van der Waals surface area contributed by atoms with E-state index < -0.39 is 0 Å². The zero-order chi connectivity index (χ0) is 24.9. The van der Waals surface area contributed by atoms with Gasteiger partial charge in [0.1, 0.15) is 5.75 Å². The topological polar surface area (TPSA) is 110 Å². The first-order valence-corrected chi connectivity index (χ1v) is 12.7. The van der Waals surface area contributed by atoms with E-state index in [1.807, 2.05) is 18.2 Å². The number of aromatic nitrogens is 2. The Morgan fingerprint density at radius 3 is 2.58 bits per heavy atom. The lowest BCUT2D eigenvalue weighted by Crippen LogP contribution is -2.49. The molecule has 2 atom stereocenters. The molecule has 0 radical (unpaired) electrons. The van der Waals surface area contributed by atoms with Crippen molar-refractivity contribution < 1.29 is 14.7 Å². The minimum Gasteiger partial charge on any atom is -0.508 e. The Bertz CT molecular complexity index is 1190. The fourth-order valence-electron chi connectivity index (χ4n) is 5.34. The molecule has 2 aliphatic rings. The molecule has 0 spiro atoms. The first kappa shape index (κ1) is 24.1. The van der Waals surface area contributed by atoms with Gasteiger partial charge in [-0.15, -0.1) is 0 Å². The average molecular weight is 488 g/mol. The van der Waals surface area contributed by atoms with Crippen molar-refractivity contribution in [2.45, 2.75) is 38.6 Å². The summed E-state index contributed by atoms with van der Waals surface area (Å²) in [5.74, 6) is -0.432. The number of amides is 2. The lowest BCUT2D eigenvalue weighted by atomic mass is 9.87. The predicted octanol–water partition coefficient (Wildman–Crippen LogP) is 3.04. The van der Waals surface area contributed by atoms with E-state index in [0.717, 1.165) is 29.8 Å². The van der Waals surface area contributed by atoms with Crippen molar-refractivity contribution in [3.05, 3.63) is 77.4 Å². The molecule has 1 aliphatic carbocycles. The summed E-state index contributed by atoms with van der Waals surface area (Å²) in [5.41, 5.74) is 5.53. The van der Waals surface area contributed by atoms with Gasteiger partial charge < -0.3 is 20.7 Å². The maximum atomic E-state index is 13.3. The van der Waals surface area contributed by atoms with Crippen LogP contribution in [0.1, 0.15) is 35.2 Å². The number of fused-ring (bicyclic) bond motifs is 1. The second-order valence-electron chi connectivity index (χ2n) is 9.93. The monoisotopic (exact) mass is 487 g/mol. The summed E-state index contributed by atoms with van der Waals surface area (Å²) in [6, 6.07) is 13.3. The normalized spacial score (nSPS) is 19.6. The first-order chi connectivity index (χ1) is 17.5. The summed E-state index contributed by atoms with van der Waals surface area (Å²) in [7, 11) is 0. The minimum absolute atomic E-state index is 0.0275. The Balaban J connectivity index is 1.25. The highest BCUT2D eigenvalue weighted by Crippen LogP contribution is 2.28. The summed E-state index contributed by atoms with van der Waals surface area (Å²) >= 11 is 0. The van der Waals surface area contributed by atoms with Crippen molar-refractivity contribution in [2.24, 2.45) is 11.8 Å². The van der Waals surface area contributed by atoms with Crippen LogP contribution >= 0.6 is 0 Å². The molecule has 2 heterocycles. The third-order valence-electron chi connectivity index (χ3n) is 7.22. The number of likely N-dealkylation sites (tertiary alicyclic amines) is 1. The summed E-state index contributed by atoms with van der Waals surface area (Å²) in [6.45, 7) is 2.29. The van der Waals surface area contributed by atoms with E-state index in [1.54, 1.807) is 24.7 Å². The van der Waals surface area contributed by atoms with Crippen LogP contribution in [-0.2, 0) is 35.4 Å². The number of H-pyrrole nitrogens is 1. The van der Waals surface area contributed by atoms with Crippen LogP contribution in [0.3, 0.4) is 0 Å². The number of piperidine rings is 1. The van der Waals surface area contributed by atoms with E-state index in [1.165, 1.54) is 17.5 Å². The number of aromatic hydroxyl groups is 1. The summed E-state index contributed by atoms with van der Waals surface area (Å²) in [4.78, 5) is 35.7. The molecule has 1 fully saturated rings. The number of hydrogen-bond donors (Lipinski definition) is 4. The van der Waals surface area contributed by atoms with Gasteiger partial charge in [-0.25, -0.2) is 4.98 Å². The van der Waals surface area contributed by atoms with E-state index >= 15 is 0 Å². The molecule has 2 aromatic carbocycles. The molecule has 36 heavy (non-hydrogen) atoms. The van der Waals surface area contributed by atoms with Crippen LogP contribution in [0.15, 0.2) is 55.0 Å². The number of hydrogen-bond acceptors (Lipinski definition) is 5. The van der Waals surface area contributed by atoms with Gasteiger partial charge >= 0.3 is 0 Å². The van der Waals surface area contributed by atoms with Crippen molar-refractivity contribution >= 4 is 17.5 Å². The van der Waals surface area contributed by atoms with Gasteiger partial charge in [0.05, 0.1) is 18.2 Å². The number of phenolic OH excluding ortho intramolecular Hbond substituents is 1. The smallest absolute Gasteiger partial charge is 0.228 e. The number of rotatable bonds is 8. The zero-order valence-corrected chi connectivity index (χ0v) is 20.4. The second kappa shape index (κ2) is 11.0. The Kier molecular flexibility index (Phi) is 7.32. The highest BCUT2D eigenvalue weighted by Gasteiger charge is 2.35. The maximum absolute atomic E-state index is 13.3. The Morgan fingerprint density at radius 2 is 1.81 bits per heavy atom. The molecule has 0 saturated carbocycles. The number of carbonyl (C=O) groups is 2. The second-order valence-corrected chi connectivity index (χ2v) is 9.93. The van der Waals surface area contributed by atoms with Crippen molar-refractivity contribution in [3.63, 3.8) is 0 Å². The molecule has 1 aliphatic heterocycles. The molecular weight excluding hydrogens is 454 g/mol. The van der Waals surface area contributed by atoms with Crippen LogP contribution in [0.2, 0.25) is 0 Å². The largest absolute Gasteiger partial charge is 0.508 e. The molecule has 4 N–H and O–H groups in total.